The predicted octanol–water partition coefficient (Wildman–Crippen LogP) is 2.53. The molecule has 1 aliphatic rings. The molecule has 1 aromatic carbocycles. The summed E-state index contributed by atoms with van der Waals surface area (Å²) in [6.45, 7) is 3.52. The molecule has 0 N–H and O–H groups in total. The van der Waals surface area contributed by atoms with Crippen molar-refractivity contribution in [1.82, 2.24) is 34.3 Å². The molecule has 0 saturated heterocycles. The molecular weight excluding hydrogens is 402 g/mol. The van der Waals surface area contributed by atoms with Gasteiger partial charge in [-0.2, -0.15) is 9.67 Å². The number of benzene rings is 1. The Kier molecular flexibility index (Phi) is 5.10. The van der Waals surface area contributed by atoms with E-state index in [1.165, 1.54) is 35.1 Å². The number of imidazole rings is 1. The van der Waals surface area contributed by atoms with Gasteiger partial charge in [-0.05, 0) is 38.8 Å². The molecule has 156 valence electrons. The molecule has 5 rings (SSSR count). The van der Waals surface area contributed by atoms with Gasteiger partial charge in [0.25, 0.3) is 0 Å². The molecule has 0 spiro atoms. The molecule has 10 heteroatoms. The number of nitrogens with zero attached hydrogens (tertiary/aromatic N) is 7. The number of aromatic nitrogens is 7. The molecule has 0 atom stereocenters. The Morgan fingerprint density at radius 1 is 1.03 bits per heavy atom. The van der Waals surface area contributed by atoms with Crippen LogP contribution in [0.15, 0.2) is 41.7 Å². The minimum atomic E-state index is -3.42. The Balaban J connectivity index is 0.000000150. The third-order valence-electron chi connectivity index (χ3n) is 4.81. The van der Waals surface area contributed by atoms with Crippen molar-refractivity contribution >= 4 is 20.9 Å². The highest BCUT2D eigenvalue weighted by Gasteiger charge is 2.28. The lowest BCUT2D eigenvalue weighted by Crippen LogP contribution is -2.09. The zero-order chi connectivity index (χ0) is 21.5. The second kappa shape index (κ2) is 7.60. The number of aryl methyl sites for hydroxylation is 3. The Morgan fingerprint density at radius 3 is 2.37 bits per heavy atom. The molecule has 0 aliphatic heterocycles. The van der Waals surface area contributed by atoms with Crippen LogP contribution in [0, 0.1) is 13.8 Å². The molecule has 0 bridgehead atoms. The van der Waals surface area contributed by atoms with Crippen molar-refractivity contribution in [3.8, 4) is 5.82 Å². The van der Waals surface area contributed by atoms with Crippen molar-refractivity contribution in [2.24, 2.45) is 7.05 Å². The number of para-hydroxylation sites is 2. The van der Waals surface area contributed by atoms with Gasteiger partial charge in [-0.25, -0.2) is 23.4 Å². The number of sulfone groups is 1. The zero-order valence-electron chi connectivity index (χ0n) is 17.3. The molecule has 4 aromatic rings. The first kappa shape index (κ1) is 20.1. The van der Waals surface area contributed by atoms with Crippen LogP contribution < -0.4 is 0 Å². The molecule has 9 nitrogen and oxygen atoms in total. The van der Waals surface area contributed by atoms with Crippen molar-refractivity contribution in [3.63, 3.8) is 0 Å². The van der Waals surface area contributed by atoms with Crippen LogP contribution in [-0.4, -0.2) is 49.0 Å². The van der Waals surface area contributed by atoms with Gasteiger partial charge < -0.3 is 4.57 Å². The minimum absolute atomic E-state index is 0.220. The first-order valence-electron chi connectivity index (χ1n) is 9.59. The first-order chi connectivity index (χ1) is 14.2. The number of hydrogen-bond acceptors (Lipinski definition) is 7. The summed E-state index contributed by atoms with van der Waals surface area (Å²) in [6.07, 6.45) is 5.08. The molecule has 3 aromatic heterocycles. The molecule has 3 heterocycles. The van der Waals surface area contributed by atoms with Crippen molar-refractivity contribution in [2.45, 2.75) is 37.8 Å². The van der Waals surface area contributed by atoms with Crippen LogP contribution in [0.5, 0.6) is 0 Å². The lowest BCUT2D eigenvalue weighted by molar-refractivity contribution is 0.591. The van der Waals surface area contributed by atoms with Gasteiger partial charge >= 0.3 is 0 Å². The van der Waals surface area contributed by atoms with E-state index < -0.39 is 9.84 Å². The fourth-order valence-electron chi connectivity index (χ4n) is 3.24. The highest BCUT2D eigenvalue weighted by Crippen LogP contribution is 2.40. The molecule has 1 aliphatic carbocycles. The highest BCUT2D eigenvalue weighted by atomic mass is 32.2. The predicted molar refractivity (Wildman–Crippen MR) is 112 cm³/mol. The van der Waals surface area contributed by atoms with Gasteiger partial charge in [0.1, 0.15) is 17.5 Å². The van der Waals surface area contributed by atoms with Crippen LogP contribution in [0.1, 0.15) is 36.2 Å². The van der Waals surface area contributed by atoms with E-state index in [2.05, 4.69) is 54.8 Å². The van der Waals surface area contributed by atoms with Gasteiger partial charge in [0.2, 0.25) is 15.0 Å². The lowest BCUT2D eigenvalue weighted by Gasteiger charge is -2.02. The summed E-state index contributed by atoms with van der Waals surface area (Å²) in [5.74, 6) is 3.62. The maximum Gasteiger partial charge on any atom is 0.248 e. The normalized spacial score (nSPS) is 13.9. The van der Waals surface area contributed by atoms with E-state index in [4.69, 9.17) is 0 Å². The molecule has 1 saturated carbocycles. The maximum absolute atomic E-state index is 11.3. The summed E-state index contributed by atoms with van der Waals surface area (Å²) in [5.41, 5.74) is 2.39. The Bertz CT molecular complexity index is 1320. The van der Waals surface area contributed by atoms with E-state index in [1.54, 1.807) is 19.9 Å². The van der Waals surface area contributed by atoms with Crippen LogP contribution >= 0.6 is 0 Å². The van der Waals surface area contributed by atoms with Crippen molar-refractivity contribution in [3.05, 3.63) is 54.0 Å². The second-order valence-electron chi connectivity index (χ2n) is 7.38. The van der Waals surface area contributed by atoms with Crippen molar-refractivity contribution < 1.29 is 8.42 Å². The van der Waals surface area contributed by atoms with E-state index in [0.717, 1.165) is 17.7 Å². The Hall–Kier alpha value is -3.14. The van der Waals surface area contributed by atoms with Crippen LogP contribution in [0.4, 0.5) is 0 Å². The Labute approximate surface area is 174 Å². The number of hydrogen-bond donors (Lipinski definition) is 0. The fraction of sp³-hybridized carbons (Fsp3) is 0.350. The second-order valence-corrected chi connectivity index (χ2v) is 9.29. The largest absolute Gasteiger partial charge is 0.331 e. The molecule has 0 radical (unpaired) electrons. The summed E-state index contributed by atoms with van der Waals surface area (Å²) in [6, 6.07) is 9.91. The molecule has 30 heavy (non-hydrogen) atoms. The summed E-state index contributed by atoms with van der Waals surface area (Å²) < 4.78 is 26.4. The first-order valence-corrected chi connectivity index (χ1v) is 11.5. The van der Waals surface area contributed by atoms with Gasteiger partial charge in [-0.15, -0.1) is 5.10 Å². The van der Waals surface area contributed by atoms with Crippen molar-refractivity contribution in [1.29, 1.82) is 0 Å². The summed E-state index contributed by atoms with van der Waals surface area (Å²) in [5, 5.41) is 3.90. The SMILES string of the molecule is Cc1nc(C)n(-c2ccnc(S(C)(=O)=O)n2)n1.Cn1c(C2CC2)nc2ccccc21. The summed E-state index contributed by atoms with van der Waals surface area (Å²) in [4.78, 5) is 16.4. The zero-order valence-corrected chi connectivity index (χ0v) is 18.1. The standard InChI is InChI=1S/C11H12N2.C9H11N5O2S/c1-13-10-5-3-2-4-9(10)12-11(13)8-6-7-8;1-6-11-7(2)14(13-6)8-4-5-10-9(12-8)17(3,15)16/h2-5,8H,6-7H2,1H3;4-5H,1-3H3. The summed E-state index contributed by atoms with van der Waals surface area (Å²) >= 11 is 0. The average molecular weight is 426 g/mol. The highest BCUT2D eigenvalue weighted by molar-refractivity contribution is 7.90. The quantitative estimate of drug-likeness (QED) is 0.464. The molecular formula is C20H23N7O2S. The van der Waals surface area contributed by atoms with Crippen LogP contribution in [0.3, 0.4) is 0 Å². The van der Waals surface area contributed by atoms with E-state index in [0.29, 0.717) is 17.5 Å². The Morgan fingerprint density at radius 2 is 1.77 bits per heavy atom. The molecule has 0 amide bonds. The van der Waals surface area contributed by atoms with Crippen LogP contribution in [0.25, 0.3) is 16.9 Å². The average Bonchev–Trinajstić information content (AvgIpc) is 3.42. The summed E-state index contributed by atoms with van der Waals surface area (Å²) in [7, 11) is -1.31. The topological polar surface area (TPSA) is 108 Å². The van der Waals surface area contributed by atoms with Gasteiger partial charge in [-0.3, -0.25) is 0 Å². The van der Waals surface area contributed by atoms with Gasteiger partial charge in [0.05, 0.1) is 11.0 Å². The van der Waals surface area contributed by atoms with Gasteiger partial charge in [0.15, 0.2) is 5.82 Å². The maximum atomic E-state index is 11.3. The lowest BCUT2D eigenvalue weighted by atomic mass is 10.3. The van der Waals surface area contributed by atoms with Crippen LogP contribution in [0.2, 0.25) is 0 Å². The van der Waals surface area contributed by atoms with Crippen molar-refractivity contribution in [2.75, 3.05) is 6.26 Å². The monoisotopic (exact) mass is 425 g/mol. The smallest absolute Gasteiger partial charge is 0.248 e. The molecule has 1 fully saturated rings. The van der Waals surface area contributed by atoms with Crippen LogP contribution in [-0.2, 0) is 16.9 Å². The third kappa shape index (κ3) is 4.09. The third-order valence-corrected chi connectivity index (χ3v) is 5.67. The van der Waals surface area contributed by atoms with E-state index in [1.807, 2.05) is 6.07 Å². The number of fused-ring (bicyclic) bond motifs is 1. The number of rotatable bonds is 3. The van der Waals surface area contributed by atoms with Gasteiger partial charge in [0, 0.05) is 31.5 Å². The van der Waals surface area contributed by atoms with E-state index in [9.17, 15) is 8.42 Å². The van der Waals surface area contributed by atoms with E-state index in [-0.39, 0.29) is 5.16 Å². The minimum Gasteiger partial charge on any atom is -0.331 e. The fourth-order valence-corrected chi connectivity index (χ4v) is 3.75. The van der Waals surface area contributed by atoms with Gasteiger partial charge in [-0.1, -0.05) is 12.1 Å². The molecule has 0 unspecified atom stereocenters. The van der Waals surface area contributed by atoms with E-state index >= 15 is 0 Å².